The Kier molecular flexibility index (Phi) is 49.9. The molecule has 70 heavy (non-hydrogen) atoms. The SMILES string of the molecule is CC/C=C\C/C=C\C/C=C\C/C=C\C/C=C\C/C=C\CCCCCCC(=O)NC(COP(=O)(O)OCC[N+](C)(C)C)C(O)/C=C/CCCCCCCCCCCCCCCCCCCCCCCCC. The van der Waals surface area contributed by atoms with Gasteiger partial charge in [-0.25, -0.2) is 4.57 Å². The number of nitrogens with zero attached hydrogens (tertiary/aromatic N) is 1. The monoisotopic (exact) mass is 1000 g/mol. The zero-order chi connectivity index (χ0) is 51.3. The van der Waals surface area contributed by atoms with E-state index in [1.807, 2.05) is 27.2 Å². The number of rotatable bonds is 52. The van der Waals surface area contributed by atoms with Crippen molar-refractivity contribution in [2.45, 2.75) is 257 Å². The first-order chi connectivity index (χ1) is 34.0. The normalized spacial score (nSPS) is 14.6. The molecule has 406 valence electrons. The first-order valence-electron chi connectivity index (χ1n) is 29.0. The van der Waals surface area contributed by atoms with Gasteiger partial charge in [-0.3, -0.25) is 13.8 Å². The van der Waals surface area contributed by atoms with Gasteiger partial charge in [-0.15, -0.1) is 0 Å². The molecule has 0 aromatic carbocycles. The van der Waals surface area contributed by atoms with Gasteiger partial charge in [0.05, 0.1) is 39.9 Å². The van der Waals surface area contributed by atoms with Crippen LogP contribution in [0.3, 0.4) is 0 Å². The van der Waals surface area contributed by atoms with Crippen LogP contribution in [0.4, 0.5) is 0 Å². The highest BCUT2D eigenvalue weighted by Gasteiger charge is 2.27. The minimum atomic E-state index is -4.36. The Morgan fingerprint density at radius 2 is 0.857 bits per heavy atom. The van der Waals surface area contributed by atoms with E-state index in [1.165, 1.54) is 135 Å². The number of phosphoric acid groups is 1. The molecule has 0 radical (unpaired) electrons. The number of nitrogens with one attached hydrogen (secondary N) is 1. The Labute approximate surface area is 433 Å². The highest BCUT2D eigenvalue weighted by Crippen LogP contribution is 2.43. The van der Waals surface area contributed by atoms with Crippen molar-refractivity contribution in [2.24, 2.45) is 0 Å². The topological polar surface area (TPSA) is 105 Å². The zero-order valence-electron chi connectivity index (χ0n) is 46.2. The number of carbonyl (C=O) groups is 1. The lowest BCUT2D eigenvalue weighted by Crippen LogP contribution is -2.45. The van der Waals surface area contributed by atoms with Gasteiger partial charge in [0.15, 0.2) is 0 Å². The Morgan fingerprint density at radius 3 is 1.26 bits per heavy atom. The molecule has 9 heteroatoms. The number of hydrogen-bond donors (Lipinski definition) is 3. The Balaban J connectivity index is 4.29. The average molecular weight is 1000 g/mol. The first-order valence-corrected chi connectivity index (χ1v) is 30.5. The summed E-state index contributed by atoms with van der Waals surface area (Å²) < 4.78 is 23.7. The van der Waals surface area contributed by atoms with E-state index >= 15 is 0 Å². The molecule has 0 fully saturated rings. The van der Waals surface area contributed by atoms with Crippen LogP contribution in [0.5, 0.6) is 0 Å². The van der Waals surface area contributed by atoms with Gasteiger partial charge < -0.3 is 19.8 Å². The maximum atomic E-state index is 13.0. The number of unbranched alkanes of at least 4 members (excludes halogenated alkanes) is 27. The van der Waals surface area contributed by atoms with Crippen LogP contribution in [-0.4, -0.2) is 73.4 Å². The van der Waals surface area contributed by atoms with Gasteiger partial charge in [0, 0.05) is 6.42 Å². The molecular weight excluding hydrogens is 888 g/mol. The van der Waals surface area contributed by atoms with Crippen LogP contribution in [0.15, 0.2) is 85.1 Å². The van der Waals surface area contributed by atoms with Crippen LogP contribution in [0, 0.1) is 0 Å². The van der Waals surface area contributed by atoms with Crippen LogP contribution in [0.1, 0.15) is 245 Å². The molecule has 0 heterocycles. The number of allylic oxidation sites excluding steroid dienone is 13. The summed E-state index contributed by atoms with van der Waals surface area (Å²) in [6.07, 6.45) is 72.5. The third kappa shape index (κ3) is 53.5. The second kappa shape index (κ2) is 51.6. The summed E-state index contributed by atoms with van der Waals surface area (Å²) in [7, 11) is 1.55. The van der Waals surface area contributed by atoms with Crippen molar-refractivity contribution in [1.29, 1.82) is 0 Å². The maximum Gasteiger partial charge on any atom is 0.472 e. The number of carbonyl (C=O) groups excluding carboxylic acids is 1. The molecule has 0 aliphatic heterocycles. The fraction of sp³-hybridized carbons (Fsp3) is 0.754. The molecule has 0 spiro atoms. The lowest BCUT2D eigenvalue weighted by molar-refractivity contribution is -0.870. The number of quaternary nitrogens is 1. The number of aliphatic hydroxyl groups excluding tert-OH is 1. The molecule has 0 aromatic heterocycles. The number of aliphatic hydroxyl groups is 1. The molecule has 0 aliphatic rings. The van der Waals surface area contributed by atoms with Crippen molar-refractivity contribution >= 4 is 13.7 Å². The largest absolute Gasteiger partial charge is 0.472 e. The number of hydrogen-bond acceptors (Lipinski definition) is 5. The number of amides is 1. The average Bonchev–Trinajstić information content (AvgIpc) is 3.32. The fourth-order valence-electron chi connectivity index (χ4n) is 8.10. The van der Waals surface area contributed by atoms with Crippen LogP contribution in [0.2, 0.25) is 0 Å². The molecule has 8 nitrogen and oxygen atoms in total. The number of phosphoric ester groups is 1. The van der Waals surface area contributed by atoms with Gasteiger partial charge in [-0.2, -0.15) is 0 Å². The summed E-state index contributed by atoms with van der Waals surface area (Å²) in [5.74, 6) is -0.202. The molecule has 0 saturated heterocycles. The van der Waals surface area contributed by atoms with Crippen LogP contribution in [0.25, 0.3) is 0 Å². The van der Waals surface area contributed by atoms with E-state index in [4.69, 9.17) is 9.05 Å². The molecule has 0 aromatic rings. The van der Waals surface area contributed by atoms with Crippen molar-refractivity contribution in [1.82, 2.24) is 5.32 Å². The predicted octanol–water partition coefficient (Wildman–Crippen LogP) is 17.6. The quantitative estimate of drug-likeness (QED) is 0.0243. The van der Waals surface area contributed by atoms with E-state index in [-0.39, 0.29) is 19.1 Å². The second-order valence-electron chi connectivity index (χ2n) is 20.6. The highest BCUT2D eigenvalue weighted by molar-refractivity contribution is 7.47. The van der Waals surface area contributed by atoms with Crippen molar-refractivity contribution in [3.8, 4) is 0 Å². The van der Waals surface area contributed by atoms with Gasteiger partial charge in [-0.05, 0) is 70.6 Å². The maximum absolute atomic E-state index is 13.0. The molecule has 0 rings (SSSR count). The Bertz CT molecular complexity index is 1410. The summed E-state index contributed by atoms with van der Waals surface area (Å²) in [6.45, 7) is 4.69. The molecule has 1 amide bonds. The standard InChI is InChI=1S/C61H111N2O6P/c1-6-8-10-12-14-16-18-20-22-24-26-28-30-31-33-34-36-38-40-42-44-46-48-50-52-54-60(64)59(58-69-70(66,67)68-57-56-63(3,4)5)62-61(65)55-53-51-49-47-45-43-41-39-37-35-32-29-27-25-23-21-19-17-15-13-11-9-7-2/h9,11,15,17,21,23,27,29,35,37,41,43,52,54,59-60,64H,6-8,10,12-14,16,18-20,22,24-26,28,30-34,36,38-40,42,44-51,53,55-58H2,1-5H3,(H-,62,65,66,67)/p+1/b11-9-,17-15-,23-21-,29-27-,37-35-,43-41-,54-52+. The first kappa shape index (κ1) is 67.7. The molecule has 0 aliphatic carbocycles. The molecule has 0 saturated carbocycles. The van der Waals surface area contributed by atoms with Crippen molar-refractivity contribution < 1.29 is 32.9 Å². The molecule has 3 atom stereocenters. The van der Waals surface area contributed by atoms with Crippen LogP contribution >= 0.6 is 7.82 Å². The van der Waals surface area contributed by atoms with E-state index in [2.05, 4.69) is 92.1 Å². The minimum Gasteiger partial charge on any atom is -0.387 e. The van der Waals surface area contributed by atoms with Crippen LogP contribution < -0.4 is 5.32 Å². The third-order valence-electron chi connectivity index (χ3n) is 12.6. The smallest absolute Gasteiger partial charge is 0.387 e. The summed E-state index contributed by atoms with van der Waals surface area (Å²) in [5, 5.41) is 13.9. The van der Waals surface area contributed by atoms with E-state index in [9.17, 15) is 19.4 Å². The fourth-order valence-corrected chi connectivity index (χ4v) is 8.84. The Morgan fingerprint density at radius 1 is 0.500 bits per heavy atom. The van der Waals surface area contributed by atoms with E-state index < -0.39 is 20.0 Å². The highest BCUT2D eigenvalue weighted by atomic mass is 31.2. The predicted molar refractivity (Wildman–Crippen MR) is 304 cm³/mol. The van der Waals surface area contributed by atoms with Gasteiger partial charge in [0.1, 0.15) is 13.2 Å². The summed E-state index contributed by atoms with van der Waals surface area (Å²) >= 11 is 0. The van der Waals surface area contributed by atoms with E-state index in [0.29, 0.717) is 17.4 Å². The van der Waals surface area contributed by atoms with Crippen molar-refractivity contribution in [3.63, 3.8) is 0 Å². The van der Waals surface area contributed by atoms with Gasteiger partial charge in [0.25, 0.3) is 0 Å². The number of likely N-dealkylation sites (N-methyl/N-ethyl adjacent to an activating group) is 1. The van der Waals surface area contributed by atoms with E-state index in [1.54, 1.807) is 6.08 Å². The summed E-state index contributed by atoms with van der Waals surface area (Å²) in [5.41, 5.74) is 0. The summed E-state index contributed by atoms with van der Waals surface area (Å²) in [4.78, 5) is 23.3. The summed E-state index contributed by atoms with van der Waals surface area (Å²) in [6, 6.07) is -0.867. The lowest BCUT2D eigenvalue weighted by atomic mass is 10.0. The molecule has 3 unspecified atom stereocenters. The molecule has 3 N–H and O–H groups in total. The van der Waals surface area contributed by atoms with Gasteiger partial charge in [-0.1, -0.05) is 253 Å². The van der Waals surface area contributed by atoms with Gasteiger partial charge >= 0.3 is 7.82 Å². The van der Waals surface area contributed by atoms with Crippen molar-refractivity contribution in [3.05, 3.63) is 85.1 Å². The zero-order valence-corrected chi connectivity index (χ0v) is 47.1. The van der Waals surface area contributed by atoms with Gasteiger partial charge in [0.2, 0.25) is 5.91 Å². The van der Waals surface area contributed by atoms with Crippen LogP contribution in [-0.2, 0) is 18.4 Å². The third-order valence-corrected chi connectivity index (χ3v) is 13.6. The van der Waals surface area contributed by atoms with Crippen molar-refractivity contribution in [2.75, 3.05) is 40.9 Å². The molecule has 0 bridgehead atoms. The lowest BCUT2D eigenvalue weighted by Gasteiger charge is -2.25. The Hall–Kier alpha value is -2.32. The van der Waals surface area contributed by atoms with E-state index in [0.717, 1.165) is 89.9 Å². The minimum absolute atomic E-state index is 0.0520. The molecular formula is C61H112N2O6P+. The second-order valence-corrected chi connectivity index (χ2v) is 22.1.